The lowest BCUT2D eigenvalue weighted by Crippen LogP contribution is -2.35. The van der Waals surface area contributed by atoms with E-state index in [9.17, 15) is 13.6 Å². The molecule has 0 saturated carbocycles. The average molecular weight is 276 g/mol. The molecule has 5 heteroatoms. The van der Waals surface area contributed by atoms with Gasteiger partial charge in [0.2, 0.25) is 5.91 Å². The highest BCUT2D eigenvalue weighted by molar-refractivity contribution is 6.17. The zero-order valence-electron chi connectivity index (χ0n) is 10.2. The molecule has 0 spiro atoms. The second-order valence-corrected chi connectivity index (χ2v) is 4.42. The molecule has 1 N–H and O–H groups in total. The summed E-state index contributed by atoms with van der Waals surface area (Å²) in [5.74, 6) is -1.77. The monoisotopic (exact) mass is 275 g/mol. The Morgan fingerprint density at radius 3 is 2.78 bits per heavy atom. The number of carbonyl (C=O) groups excluding carboxylic acids is 1. The number of benzene rings is 1. The molecule has 18 heavy (non-hydrogen) atoms. The van der Waals surface area contributed by atoms with E-state index in [1.807, 2.05) is 6.92 Å². The second kappa shape index (κ2) is 7.31. The largest absolute Gasteiger partial charge is 0.353 e. The van der Waals surface area contributed by atoms with Crippen LogP contribution in [-0.2, 0) is 11.2 Å². The number of hydrogen-bond donors (Lipinski definition) is 1. The highest BCUT2D eigenvalue weighted by Gasteiger charge is 2.14. The van der Waals surface area contributed by atoms with Crippen LogP contribution in [0.3, 0.4) is 0 Å². The molecule has 0 aliphatic carbocycles. The Hall–Kier alpha value is -1.16. The second-order valence-electron chi connectivity index (χ2n) is 4.04. The Kier molecular flexibility index (Phi) is 6.05. The number of hydrogen-bond acceptors (Lipinski definition) is 1. The van der Waals surface area contributed by atoms with E-state index in [0.717, 1.165) is 12.5 Å². The minimum atomic E-state index is -0.960. The van der Waals surface area contributed by atoms with Crippen molar-refractivity contribution in [1.82, 2.24) is 5.32 Å². The van der Waals surface area contributed by atoms with Crippen LogP contribution in [0.5, 0.6) is 0 Å². The summed E-state index contributed by atoms with van der Waals surface area (Å²) in [6.07, 6.45) is 1.25. The van der Waals surface area contributed by atoms with E-state index >= 15 is 0 Å². The van der Waals surface area contributed by atoms with Gasteiger partial charge in [-0.15, -0.1) is 11.6 Å². The van der Waals surface area contributed by atoms with Gasteiger partial charge >= 0.3 is 0 Å². The molecule has 1 aromatic rings. The fraction of sp³-hybridized carbons (Fsp3) is 0.462. The van der Waals surface area contributed by atoms with Gasteiger partial charge in [0, 0.05) is 17.5 Å². The van der Waals surface area contributed by atoms with Crippen molar-refractivity contribution in [2.75, 3.05) is 5.88 Å². The summed E-state index contributed by atoms with van der Waals surface area (Å²) in [7, 11) is 0. The molecule has 1 unspecified atom stereocenters. The zero-order valence-corrected chi connectivity index (χ0v) is 10.9. The third-order valence-corrected chi connectivity index (χ3v) is 2.92. The molecule has 0 aliphatic heterocycles. The summed E-state index contributed by atoms with van der Waals surface area (Å²) in [6, 6.07) is 3.79. The van der Waals surface area contributed by atoms with Crippen molar-refractivity contribution >= 4 is 17.5 Å². The van der Waals surface area contributed by atoms with Crippen molar-refractivity contribution in [2.45, 2.75) is 32.2 Å². The molecule has 0 bridgehead atoms. The molecular formula is C13H16ClF2NO. The molecule has 0 aliphatic rings. The first kappa shape index (κ1) is 14.9. The van der Waals surface area contributed by atoms with Crippen molar-refractivity contribution < 1.29 is 13.6 Å². The molecule has 1 rings (SSSR count). The number of rotatable bonds is 6. The molecule has 1 atom stereocenters. The standard InChI is InChI=1S/C13H16ClF2NO/c1-2-10(6-7-14)17-12(18)8-9-4-3-5-11(15)13(9)16/h3-5,10H,2,6-8H2,1H3,(H,17,18). The lowest BCUT2D eigenvalue weighted by atomic mass is 10.1. The van der Waals surface area contributed by atoms with Gasteiger partial charge in [0.1, 0.15) is 0 Å². The number of alkyl halides is 1. The van der Waals surface area contributed by atoms with Crippen molar-refractivity contribution in [1.29, 1.82) is 0 Å². The van der Waals surface area contributed by atoms with Crippen molar-refractivity contribution in [2.24, 2.45) is 0 Å². The minimum Gasteiger partial charge on any atom is -0.353 e. The predicted molar refractivity (Wildman–Crippen MR) is 67.6 cm³/mol. The number of amides is 1. The van der Waals surface area contributed by atoms with Crippen molar-refractivity contribution in [3.8, 4) is 0 Å². The van der Waals surface area contributed by atoms with Gasteiger partial charge < -0.3 is 5.32 Å². The Labute approximate surface area is 110 Å². The third-order valence-electron chi connectivity index (χ3n) is 2.70. The molecule has 0 radical (unpaired) electrons. The maximum absolute atomic E-state index is 13.4. The summed E-state index contributed by atoms with van der Waals surface area (Å²) in [6.45, 7) is 1.93. The molecule has 2 nitrogen and oxygen atoms in total. The van der Waals surface area contributed by atoms with E-state index in [4.69, 9.17) is 11.6 Å². The molecule has 0 heterocycles. The quantitative estimate of drug-likeness (QED) is 0.795. The Bertz CT molecular complexity index is 412. The van der Waals surface area contributed by atoms with Crippen LogP contribution in [0, 0.1) is 11.6 Å². The van der Waals surface area contributed by atoms with Crippen LogP contribution in [-0.4, -0.2) is 17.8 Å². The van der Waals surface area contributed by atoms with Gasteiger partial charge in [-0.05, 0) is 18.9 Å². The molecule has 0 aromatic heterocycles. The molecule has 0 fully saturated rings. The summed E-state index contributed by atoms with van der Waals surface area (Å²) < 4.78 is 26.3. The van der Waals surface area contributed by atoms with E-state index in [1.165, 1.54) is 12.1 Å². The van der Waals surface area contributed by atoms with Gasteiger partial charge in [-0.1, -0.05) is 19.1 Å². The summed E-state index contributed by atoms with van der Waals surface area (Å²) in [5, 5.41) is 2.75. The first-order valence-electron chi connectivity index (χ1n) is 5.86. The van der Waals surface area contributed by atoms with Gasteiger partial charge in [0.25, 0.3) is 0 Å². The fourth-order valence-corrected chi connectivity index (χ4v) is 1.91. The van der Waals surface area contributed by atoms with Crippen LogP contribution in [0.15, 0.2) is 18.2 Å². The van der Waals surface area contributed by atoms with Crippen molar-refractivity contribution in [3.63, 3.8) is 0 Å². The van der Waals surface area contributed by atoms with Gasteiger partial charge in [-0.3, -0.25) is 4.79 Å². The lowest BCUT2D eigenvalue weighted by Gasteiger charge is -2.15. The van der Waals surface area contributed by atoms with E-state index in [-0.39, 0.29) is 23.9 Å². The highest BCUT2D eigenvalue weighted by Crippen LogP contribution is 2.12. The topological polar surface area (TPSA) is 29.1 Å². The lowest BCUT2D eigenvalue weighted by molar-refractivity contribution is -0.121. The summed E-state index contributed by atoms with van der Waals surface area (Å²) in [5.41, 5.74) is 0.0632. The van der Waals surface area contributed by atoms with E-state index in [2.05, 4.69) is 5.32 Å². The van der Waals surface area contributed by atoms with Crippen LogP contribution in [0.2, 0.25) is 0 Å². The number of halogens is 3. The van der Waals surface area contributed by atoms with E-state index < -0.39 is 11.6 Å². The van der Waals surface area contributed by atoms with E-state index in [1.54, 1.807) is 0 Å². The van der Waals surface area contributed by atoms with Crippen LogP contribution < -0.4 is 5.32 Å². The molecule has 0 saturated heterocycles. The van der Waals surface area contributed by atoms with E-state index in [0.29, 0.717) is 12.3 Å². The van der Waals surface area contributed by atoms with Gasteiger partial charge in [0.15, 0.2) is 11.6 Å². The average Bonchev–Trinajstić information content (AvgIpc) is 2.34. The SMILES string of the molecule is CCC(CCCl)NC(=O)Cc1cccc(F)c1F. The van der Waals surface area contributed by atoms with Gasteiger partial charge in [-0.2, -0.15) is 0 Å². The maximum Gasteiger partial charge on any atom is 0.224 e. The van der Waals surface area contributed by atoms with Gasteiger partial charge in [0.05, 0.1) is 6.42 Å². The predicted octanol–water partition coefficient (Wildman–Crippen LogP) is 3.03. The number of nitrogens with one attached hydrogen (secondary N) is 1. The maximum atomic E-state index is 13.4. The highest BCUT2D eigenvalue weighted by atomic mass is 35.5. The van der Waals surface area contributed by atoms with Crippen LogP contribution in [0.25, 0.3) is 0 Å². The van der Waals surface area contributed by atoms with Crippen LogP contribution in [0.4, 0.5) is 8.78 Å². The molecule has 100 valence electrons. The van der Waals surface area contributed by atoms with Crippen molar-refractivity contribution in [3.05, 3.63) is 35.4 Å². The van der Waals surface area contributed by atoms with Gasteiger partial charge in [-0.25, -0.2) is 8.78 Å². The smallest absolute Gasteiger partial charge is 0.224 e. The summed E-state index contributed by atoms with van der Waals surface area (Å²) >= 11 is 5.60. The number of carbonyl (C=O) groups is 1. The first-order chi connectivity index (χ1) is 8.58. The molecule has 1 amide bonds. The fourth-order valence-electron chi connectivity index (χ4n) is 1.65. The normalized spacial score (nSPS) is 12.2. The Morgan fingerprint density at radius 2 is 2.17 bits per heavy atom. The minimum absolute atomic E-state index is 0.0216. The summed E-state index contributed by atoms with van der Waals surface area (Å²) in [4.78, 5) is 11.7. The Morgan fingerprint density at radius 1 is 1.44 bits per heavy atom. The van der Waals surface area contributed by atoms with Crippen LogP contribution in [0.1, 0.15) is 25.3 Å². The molecular weight excluding hydrogens is 260 g/mol. The van der Waals surface area contributed by atoms with Crippen LogP contribution >= 0.6 is 11.6 Å². The molecule has 1 aromatic carbocycles. The Balaban J connectivity index is 2.61. The first-order valence-corrected chi connectivity index (χ1v) is 6.40. The third kappa shape index (κ3) is 4.26. The zero-order chi connectivity index (χ0) is 13.5.